The molecule has 0 radical (unpaired) electrons. The molecule has 3 heterocycles. The second-order valence-corrected chi connectivity index (χ2v) is 9.54. The summed E-state index contributed by atoms with van der Waals surface area (Å²) in [5, 5.41) is 4.56. The maximum Gasteiger partial charge on any atom is 0.270 e. The Morgan fingerprint density at radius 3 is 2.38 bits per heavy atom. The first-order chi connectivity index (χ1) is 16.5. The summed E-state index contributed by atoms with van der Waals surface area (Å²) in [6, 6.07) is 15.2. The lowest BCUT2D eigenvalue weighted by Gasteiger charge is -2.34. The third-order valence-corrected chi connectivity index (χ3v) is 7.39. The lowest BCUT2D eigenvalue weighted by atomic mass is 9.90. The first kappa shape index (κ1) is 23.0. The summed E-state index contributed by atoms with van der Waals surface area (Å²) in [6.45, 7) is 5.70. The minimum absolute atomic E-state index is 0.0528. The number of carbonyl (C=O) groups is 1. The number of carbonyl (C=O) groups excluding carboxylic acids is 1. The van der Waals surface area contributed by atoms with Crippen LogP contribution in [0.25, 0.3) is 10.9 Å². The number of rotatable bonds is 5. The zero-order valence-electron chi connectivity index (χ0n) is 19.6. The van der Waals surface area contributed by atoms with Crippen LogP contribution < -0.4 is 5.32 Å². The lowest BCUT2D eigenvalue weighted by molar-refractivity contribution is 0.0619. The van der Waals surface area contributed by atoms with Crippen molar-refractivity contribution >= 4 is 16.8 Å². The SMILES string of the molecule is Cn1c(C(=O)N2CCN(Cc3ccc(C(F)F)cc3)CC2)cc2cc(C3CCNCC3)ccc21. The van der Waals surface area contributed by atoms with Crippen molar-refractivity contribution in [2.75, 3.05) is 39.3 Å². The molecule has 2 fully saturated rings. The van der Waals surface area contributed by atoms with Crippen LogP contribution in [0.15, 0.2) is 48.5 Å². The van der Waals surface area contributed by atoms with E-state index in [1.807, 2.05) is 22.6 Å². The highest BCUT2D eigenvalue weighted by molar-refractivity contribution is 5.99. The Kier molecular flexibility index (Phi) is 6.66. The van der Waals surface area contributed by atoms with Crippen LogP contribution in [-0.4, -0.2) is 59.5 Å². The van der Waals surface area contributed by atoms with Gasteiger partial charge in [-0.1, -0.05) is 30.3 Å². The van der Waals surface area contributed by atoms with Gasteiger partial charge in [0.1, 0.15) is 5.69 Å². The number of alkyl halides is 2. The Morgan fingerprint density at radius 2 is 1.71 bits per heavy atom. The molecule has 0 bridgehead atoms. The fraction of sp³-hybridized carbons (Fsp3) is 0.444. The van der Waals surface area contributed by atoms with Crippen molar-refractivity contribution in [3.05, 3.63) is 70.9 Å². The Morgan fingerprint density at radius 1 is 1.00 bits per heavy atom. The minimum atomic E-state index is -2.44. The van der Waals surface area contributed by atoms with E-state index in [2.05, 4.69) is 28.4 Å². The molecule has 34 heavy (non-hydrogen) atoms. The van der Waals surface area contributed by atoms with Crippen molar-refractivity contribution in [1.29, 1.82) is 0 Å². The second kappa shape index (κ2) is 9.84. The van der Waals surface area contributed by atoms with Crippen LogP contribution in [0.3, 0.4) is 0 Å². The molecule has 180 valence electrons. The summed E-state index contributed by atoms with van der Waals surface area (Å²) in [7, 11) is 1.97. The van der Waals surface area contributed by atoms with Gasteiger partial charge in [-0.15, -0.1) is 0 Å². The maximum absolute atomic E-state index is 13.4. The van der Waals surface area contributed by atoms with Crippen LogP contribution in [0.4, 0.5) is 8.78 Å². The van der Waals surface area contributed by atoms with Gasteiger partial charge in [0.15, 0.2) is 0 Å². The van der Waals surface area contributed by atoms with Crippen LogP contribution in [0.5, 0.6) is 0 Å². The molecule has 0 saturated carbocycles. The molecule has 1 N–H and O–H groups in total. The number of piperidine rings is 1. The Bertz CT molecular complexity index is 1140. The standard InChI is InChI=1S/C27H32F2N4O/c1-31-24-7-6-22(20-8-10-30-11-9-20)16-23(24)17-25(31)27(34)33-14-12-32(13-15-33)18-19-2-4-21(5-3-19)26(28)29/h2-7,16-17,20,26,30H,8-15,18H2,1H3. The molecule has 0 atom stereocenters. The van der Waals surface area contributed by atoms with E-state index < -0.39 is 6.43 Å². The van der Waals surface area contributed by atoms with Crippen molar-refractivity contribution in [2.45, 2.75) is 31.7 Å². The van der Waals surface area contributed by atoms with Gasteiger partial charge in [-0.2, -0.15) is 0 Å². The summed E-state index contributed by atoms with van der Waals surface area (Å²) in [5.74, 6) is 0.660. The van der Waals surface area contributed by atoms with E-state index >= 15 is 0 Å². The first-order valence-corrected chi connectivity index (χ1v) is 12.2. The first-order valence-electron chi connectivity index (χ1n) is 12.2. The predicted molar refractivity (Wildman–Crippen MR) is 130 cm³/mol. The van der Waals surface area contributed by atoms with Crippen molar-refractivity contribution in [2.24, 2.45) is 7.05 Å². The second-order valence-electron chi connectivity index (χ2n) is 9.54. The largest absolute Gasteiger partial charge is 0.340 e. The number of hydrogen-bond donors (Lipinski definition) is 1. The van der Waals surface area contributed by atoms with Crippen LogP contribution in [-0.2, 0) is 13.6 Å². The Hall–Kier alpha value is -2.77. The van der Waals surface area contributed by atoms with E-state index in [4.69, 9.17) is 0 Å². The van der Waals surface area contributed by atoms with Gasteiger partial charge in [0.25, 0.3) is 12.3 Å². The number of benzene rings is 2. The molecule has 5 nitrogen and oxygen atoms in total. The molecule has 7 heteroatoms. The minimum Gasteiger partial charge on any atom is -0.340 e. The van der Waals surface area contributed by atoms with Crippen molar-refractivity contribution in [1.82, 2.24) is 19.7 Å². The van der Waals surface area contributed by atoms with Gasteiger partial charge in [0, 0.05) is 56.2 Å². The molecule has 0 aliphatic carbocycles. The number of amides is 1. The number of hydrogen-bond acceptors (Lipinski definition) is 3. The van der Waals surface area contributed by atoms with Crippen LogP contribution in [0.2, 0.25) is 0 Å². The fourth-order valence-electron chi connectivity index (χ4n) is 5.28. The fourth-order valence-corrected chi connectivity index (χ4v) is 5.28. The topological polar surface area (TPSA) is 40.5 Å². The average Bonchev–Trinajstić information content (AvgIpc) is 3.20. The normalized spacial score (nSPS) is 18.2. The van der Waals surface area contributed by atoms with Gasteiger partial charge in [0.2, 0.25) is 0 Å². The van der Waals surface area contributed by atoms with Crippen LogP contribution in [0, 0.1) is 0 Å². The number of nitrogens with zero attached hydrogens (tertiary/aromatic N) is 3. The highest BCUT2D eigenvalue weighted by Crippen LogP contribution is 2.29. The van der Waals surface area contributed by atoms with Gasteiger partial charge in [-0.3, -0.25) is 9.69 Å². The zero-order chi connectivity index (χ0) is 23.7. The molecule has 5 rings (SSSR count). The summed E-state index contributed by atoms with van der Waals surface area (Å²) in [5.41, 5.74) is 4.26. The third kappa shape index (κ3) is 4.72. The quantitative estimate of drug-likeness (QED) is 0.600. The van der Waals surface area contributed by atoms with Gasteiger partial charge < -0.3 is 14.8 Å². The summed E-state index contributed by atoms with van der Waals surface area (Å²) in [6.07, 6.45) is -0.121. The van der Waals surface area contributed by atoms with Crippen LogP contribution in [0.1, 0.15) is 52.4 Å². The average molecular weight is 467 g/mol. The Balaban J connectivity index is 1.23. The zero-order valence-corrected chi connectivity index (χ0v) is 19.6. The Labute approximate surface area is 199 Å². The molecular weight excluding hydrogens is 434 g/mol. The molecule has 2 aliphatic heterocycles. The van der Waals surface area contributed by atoms with E-state index in [1.165, 1.54) is 17.7 Å². The highest BCUT2D eigenvalue weighted by atomic mass is 19.3. The number of aromatic nitrogens is 1. The molecule has 0 unspecified atom stereocenters. The number of aryl methyl sites for hydroxylation is 1. The molecular formula is C27H32F2N4O. The van der Waals surface area contributed by atoms with Gasteiger partial charge in [0.05, 0.1) is 0 Å². The van der Waals surface area contributed by atoms with Gasteiger partial charge in [-0.05, 0) is 61.2 Å². The summed E-state index contributed by atoms with van der Waals surface area (Å²) in [4.78, 5) is 17.6. The van der Waals surface area contributed by atoms with Crippen molar-refractivity contribution in [3.63, 3.8) is 0 Å². The molecule has 2 aliphatic rings. The molecule has 0 spiro atoms. The van der Waals surface area contributed by atoms with Gasteiger partial charge >= 0.3 is 0 Å². The molecule has 2 aromatic carbocycles. The monoisotopic (exact) mass is 466 g/mol. The molecule has 3 aromatic rings. The van der Waals surface area contributed by atoms with E-state index in [0.29, 0.717) is 25.6 Å². The van der Waals surface area contributed by atoms with E-state index in [0.717, 1.165) is 61.2 Å². The summed E-state index contributed by atoms with van der Waals surface area (Å²) >= 11 is 0. The van der Waals surface area contributed by atoms with E-state index in [9.17, 15) is 13.6 Å². The number of fused-ring (bicyclic) bond motifs is 1. The predicted octanol–water partition coefficient (Wildman–Crippen LogP) is 4.54. The van der Waals surface area contributed by atoms with E-state index in [1.54, 1.807) is 12.1 Å². The lowest BCUT2D eigenvalue weighted by Crippen LogP contribution is -2.48. The van der Waals surface area contributed by atoms with Crippen molar-refractivity contribution in [3.8, 4) is 0 Å². The third-order valence-electron chi connectivity index (χ3n) is 7.39. The molecule has 2 saturated heterocycles. The number of halogens is 2. The smallest absolute Gasteiger partial charge is 0.270 e. The molecule has 1 amide bonds. The number of nitrogens with one attached hydrogen (secondary N) is 1. The van der Waals surface area contributed by atoms with Gasteiger partial charge in [-0.25, -0.2) is 8.78 Å². The van der Waals surface area contributed by atoms with Crippen molar-refractivity contribution < 1.29 is 13.6 Å². The maximum atomic E-state index is 13.4. The molecule has 1 aromatic heterocycles. The van der Waals surface area contributed by atoms with E-state index in [-0.39, 0.29) is 11.5 Å². The highest BCUT2D eigenvalue weighted by Gasteiger charge is 2.25. The number of piperazine rings is 1. The summed E-state index contributed by atoms with van der Waals surface area (Å²) < 4.78 is 27.5. The van der Waals surface area contributed by atoms with Crippen LogP contribution >= 0.6 is 0 Å².